The van der Waals surface area contributed by atoms with Gasteiger partial charge in [-0.25, -0.2) is 4.39 Å². The number of halogens is 1. The number of aliphatic hydroxyl groups excluding tert-OH is 1. The molecule has 2 aromatic rings. The zero-order chi connectivity index (χ0) is 23.5. The minimum Gasteiger partial charge on any atom is -0.482 e. The van der Waals surface area contributed by atoms with Crippen molar-refractivity contribution in [1.29, 1.82) is 0 Å². The van der Waals surface area contributed by atoms with E-state index in [0.29, 0.717) is 35.7 Å². The van der Waals surface area contributed by atoms with E-state index in [9.17, 15) is 24.2 Å². The van der Waals surface area contributed by atoms with Crippen LogP contribution in [-0.2, 0) is 20.9 Å². The third-order valence-electron chi connectivity index (χ3n) is 6.25. The number of hydrogen-bond donors (Lipinski definition) is 3. The minimum absolute atomic E-state index is 0.226. The number of aliphatic carboxylic acids is 1. The molecule has 1 aromatic carbocycles. The van der Waals surface area contributed by atoms with Gasteiger partial charge in [-0.15, -0.1) is 11.3 Å². The van der Waals surface area contributed by atoms with Gasteiger partial charge in [-0.2, -0.15) is 0 Å². The van der Waals surface area contributed by atoms with Gasteiger partial charge in [0.15, 0.2) is 0 Å². The maximum atomic E-state index is 13.6. The van der Waals surface area contributed by atoms with Crippen molar-refractivity contribution in [3.8, 4) is 0 Å². The summed E-state index contributed by atoms with van der Waals surface area (Å²) in [6.07, 6.45) is 1.43. The van der Waals surface area contributed by atoms with Crippen molar-refractivity contribution in [2.45, 2.75) is 44.6 Å². The van der Waals surface area contributed by atoms with Crippen LogP contribution >= 0.6 is 11.3 Å². The number of thiophene rings is 1. The molecular weight excluding hydrogens is 447 g/mol. The molecular formula is C24H23FN2O5S. The van der Waals surface area contributed by atoms with Crippen LogP contribution in [0.4, 0.5) is 10.1 Å². The largest absolute Gasteiger partial charge is 0.482 e. The Labute approximate surface area is 193 Å². The highest BCUT2D eigenvalue weighted by Gasteiger charge is 2.39. The lowest BCUT2D eigenvalue weighted by molar-refractivity contribution is -0.142. The summed E-state index contributed by atoms with van der Waals surface area (Å²) in [6, 6.07) is 5.47. The van der Waals surface area contributed by atoms with Gasteiger partial charge >= 0.3 is 5.97 Å². The second-order valence-corrected chi connectivity index (χ2v) is 10.0. The maximum Gasteiger partial charge on any atom is 0.321 e. The molecule has 5 rings (SSSR count). The van der Waals surface area contributed by atoms with E-state index in [1.807, 2.05) is 31.4 Å². The van der Waals surface area contributed by atoms with Crippen LogP contribution in [0.15, 0.2) is 41.5 Å². The first kappa shape index (κ1) is 21.8. The second kappa shape index (κ2) is 7.79. The fourth-order valence-corrected chi connectivity index (χ4v) is 5.63. The summed E-state index contributed by atoms with van der Waals surface area (Å²) in [7, 11) is 0. The average molecular weight is 471 g/mol. The Morgan fingerprint density at radius 3 is 2.91 bits per heavy atom. The first-order valence-corrected chi connectivity index (χ1v) is 11.5. The number of hydrogen-bond acceptors (Lipinski definition) is 6. The number of amides is 1. The molecule has 0 bridgehead atoms. The van der Waals surface area contributed by atoms with Crippen LogP contribution < -0.4 is 5.32 Å². The van der Waals surface area contributed by atoms with Gasteiger partial charge in [0.05, 0.1) is 17.4 Å². The third-order valence-corrected chi connectivity index (χ3v) is 7.17. The van der Waals surface area contributed by atoms with Crippen LogP contribution in [0.5, 0.6) is 0 Å². The van der Waals surface area contributed by atoms with Crippen LogP contribution in [0.25, 0.3) is 11.1 Å². The van der Waals surface area contributed by atoms with Crippen molar-refractivity contribution in [3.63, 3.8) is 0 Å². The number of allylic oxidation sites excluding steroid dienone is 1. The molecule has 0 spiro atoms. The molecule has 33 heavy (non-hydrogen) atoms. The molecule has 2 unspecified atom stereocenters. The van der Waals surface area contributed by atoms with E-state index >= 15 is 0 Å². The summed E-state index contributed by atoms with van der Waals surface area (Å²) in [5.41, 5.74) is 2.52. The van der Waals surface area contributed by atoms with Crippen LogP contribution in [-0.4, -0.2) is 51.3 Å². The molecule has 1 amide bonds. The summed E-state index contributed by atoms with van der Waals surface area (Å²) in [5, 5.41) is 24.0. The van der Waals surface area contributed by atoms with Crippen molar-refractivity contribution < 1.29 is 28.9 Å². The number of carboxylic acids is 1. The monoisotopic (exact) mass is 470 g/mol. The Morgan fingerprint density at radius 1 is 1.36 bits per heavy atom. The van der Waals surface area contributed by atoms with Gasteiger partial charge in [0.2, 0.25) is 0 Å². The Bertz CT molecular complexity index is 1230. The third kappa shape index (κ3) is 3.86. The van der Waals surface area contributed by atoms with E-state index in [1.165, 1.54) is 23.5 Å². The van der Waals surface area contributed by atoms with Gasteiger partial charge in [-0.3, -0.25) is 14.5 Å². The molecule has 1 fully saturated rings. The quantitative estimate of drug-likeness (QED) is 0.592. The normalized spacial score (nSPS) is 26.2. The Balaban J connectivity index is 1.45. The molecule has 3 aliphatic heterocycles. The summed E-state index contributed by atoms with van der Waals surface area (Å²) >= 11 is 1.51. The fraction of sp³-hybridized carbons (Fsp3) is 0.333. The Kier molecular flexibility index (Phi) is 5.15. The Hall–Kier alpha value is -3.01. The number of anilines is 1. The smallest absolute Gasteiger partial charge is 0.321 e. The van der Waals surface area contributed by atoms with Crippen molar-refractivity contribution in [2.24, 2.45) is 0 Å². The van der Waals surface area contributed by atoms with Crippen molar-refractivity contribution in [2.75, 3.05) is 11.9 Å². The lowest BCUT2D eigenvalue weighted by atomic mass is 9.94. The highest BCUT2D eigenvalue weighted by Crippen LogP contribution is 2.45. The molecule has 4 heterocycles. The number of aliphatic hydroxyl groups is 1. The zero-order valence-electron chi connectivity index (χ0n) is 18.1. The van der Waals surface area contributed by atoms with Crippen LogP contribution in [0, 0.1) is 5.82 Å². The number of ether oxygens (including phenoxy) is 1. The summed E-state index contributed by atoms with van der Waals surface area (Å²) in [6.45, 7) is 4.59. The van der Waals surface area contributed by atoms with Gasteiger partial charge in [-0.1, -0.05) is 0 Å². The molecule has 0 radical (unpaired) electrons. The number of nitrogens with zero attached hydrogens (tertiary/aromatic N) is 1. The average Bonchev–Trinajstić information content (AvgIpc) is 3.46. The number of carboxylic acid groups (broad SMARTS) is 1. The molecule has 9 heteroatoms. The van der Waals surface area contributed by atoms with Crippen molar-refractivity contribution >= 4 is 40.0 Å². The lowest BCUT2D eigenvalue weighted by Crippen LogP contribution is -2.35. The first-order valence-electron chi connectivity index (χ1n) is 10.6. The number of carbonyl (C=O) groups is 2. The predicted octanol–water partition coefficient (Wildman–Crippen LogP) is 3.46. The minimum atomic E-state index is -0.928. The van der Waals surface area contributed by atoms with Crippen LogP contribution in [0.1, 0.15) is 36.3 Å². The van der Waals surface area contributed by atoms with Gasteiger partial charge in [-0.05, 0) is 55.1 Å². The molecule has 2 atom stereocenters. The standard InChI is InChI=1S/C24H23FN2O5S/c1-24(2)17(8-20(32-24)21-16-4-3-13(25)6-18(16)26-22(21)29)12-5-15(33-11-12)10-27-9-14(28)7-19(27)23(30)31/h3-6,8,11,14,19,28H,7,9-10H2,1-2H3,(H,26,29)(H,30,31)/b21-20+. The van der Waals surface area contributed by atoms with Crippen LogP contribution in [0.2, 0.25) is 0 Å². The highest BCUT2D eigenvalue weighted by atomic mass is 32.1. The number of likely N-dealkylation sites (tertiary alicyclic amines) is 1. The molecule has 172 valence electrons. The predicted molar refractivity (Wildman–Crippen MR) is 122 cm³/mol. The highest BCUT2D eigenvalue weighted by molar-refractivity contribution is 7.10. The molecule has 0 saturated carbocycles. The van der Waals surface area contributed by atoms with Crippen molar-refractivity contribution in [3.05, 3.63) is 63.3 Å². The summed E-state index contributed by atoms with van der Waals surface area (Å²) < 4.78 is 19.8. The SMILES string of the molecule is CC1(C)O/C(=C2/C(=O)Nc3cc(F)ccc32)C=C1c1csc(CN2CC(O)CC2C(=O)O)c1. The summed E-state index contributed by atoms with van der Waals surface area (Å²) in [5.74, 6) is -1.26. The van der Waals surface area contributed by atoms with Gasteiger partial charge in [0.1, 0.15) is 23.2 Å². The van der Waals surface area contributed by atoms with E-state index in [-0.39, 0.29) is 12.3 Å². The number of fused-ring (bicyclic) bond motifs is 1. The van der Waals surface area contributed by atoms with E-state index < -0.39 is 29.5 Å². The Morgan fingerprint density at radius 2 is 2.15 bits per heavy atom. The number of carbonyl (C=O) groups excluding carboxylic acids is 1. The second-order valence-electron chi connectivity index (χ2n) is 9.03. The molecule has 7 nitrogen and oxygen atoms in total. The lowest BCUT2D eigenvalue weighted by Gasteiger charge is -2.23. The summed E-state index contributed by atoms with van der Waals surface area (Å²) in [4.78, 5) is 26.9. The van der Waals surface area contributed by atoms with Crippen molar-refractivity contribution in [1.82, 2.24) is 4.90 Å². The molecule has 0 aliphatic carbocycles. The molecule has 1 saturated heterocycles. The topological polar surface area (TPSA) is 99.1 Å². The van der Waals surface area contributed by atoms with E-state index in [2.05, 4.69) is 5.32 Å². The van der Waals surface area contributed by atoms with E-state index in [4.69, 9.17) is 4.74 Å². The maximum absolute atomic E-state index is 13.6. The van der Waals surface area contributed by atoms with E-state index in [1.54, 1.807) is 11.0 Å². The van der Waals surface area contributed by atoms with Crippen LogP contribution in [0.3, 0.4) is 0 Å². The van der Waals surface area contributed by atoms with Gasteiger partial charge in [0, 0.05) is 35.5 Å². The fourth-order valence-electron chi connectivity index (χ4n) is 4.72. The number of β-amino-alcohol motifs (C(OH)–C–C–N with tert-alkyl or cyclic N) is 1. The zero-order valence-corrected chi connectivity index (χ0v) is 18.9. The molecule has 3 aliphatic rings. The van der Waals surface area contributed by atoms with E-state index in [0.717, 1.165) is 16.0 Å². The molecule has 1 aromatic heterocycles. The van der Waals surface area contributed by atoms with Gasteiger partial charge in [0.25, 0.3) is 5.91 Å². The first-order chi connectivity index (χ1) is 15.6. The van der Waals surface area contributed by atoms with Gasteiger partial charge < -0.3 is 20.3 Å². The molecule has 3 N–H and O–H groups in total. The number of benzene rings is 1. The number of nitrogens with one attached hydrogen (secondary N) is 1. The number of rotatable bonds is 4.